The van der Waals surface area contributed by atoms with Crippen molar-refractivity contribution in [3.8, 4) is 5.75 Å². The third-order valence-corrected chi connectivity index (χ3v) is 8.22. The summed E-state index contributed by atoms with van der Waals surface area (Å²) in [5, 5.41) is -0.438. The first-order valence-corrected chi connectivity index (χ1v) is 15.1. The maximum atomic E-state index is 15.3. The van der Waals surface area contributed by atoms with Crippen LogP contribution in [0.15, 0.2) is 63.8 Å². The van der Waals surface area contributed by atoms with Gasteiger partial charge < -0.3 is 13.9 Å². The minimum atomic E-state index is -3.88. The van der Waals surface area contributed by atoms with Gasteiger partial charge in [0.05, 0.1) is 18.3 Å². The van der Waals surface area contributed by atoms with E-state index >= 15 is 13.2 Å². The van der Waals surface area contributed by atoms with Crippen molar-refractivity contribution in [3.63, 3.8) is 0 Å². The van der Waals surface area contributed by atoms with E-state index in [1.807, 2.05) is 6.92 Å². The number of rotatable bonds is 11. The van der Waals surface area contributed by atoms with Gasteiger partial charge in [-0.25, -0.2) is 18.0 Å². The van der Waals surface area contributed by atoms with E-state index in [0.29, 0.717) is 19.4 Å². The van der Waals surface area contributed by atoms with Gasteiger partial charge in [-0.15, -0.1) is 0 Å². The molecule has 2 heterocycles. The molecule has 2 atom stereocenters. The normalized spacial score (nSPS) is 17.2. The van der Waals surface area contributed by atoms with Gasteiger partial charge in [0.2, 0.25) is 0 Å². The van der Waals surface area contributed by atoms with Crippen molar-refractivity contribution >= 4 is 10.8 Å². The van der Waals surface area contributed by atoms with Crippen molar-refractivity contribution < 1.29 is 35.8 Å². The van der Waals surface area contributed by atoms with E-state index in [1.165, 1.54) is 36.4 Å². The fourth-order valence-electron chi connectivity index (χ4n) is 5.78. The molecule has 1 aliphatic heterocycles. The summed E-state index contributed by atoms with van der Waals surface area (Å²) in [5.74, 6) is -3.71. The molecule has 1 fully saturated rings. The Kier molecular flexibility index (Phi) is 9.73. The molecule has 0 aliphatic carbocycles. The molecule has 0 N–H and O–H groups in total. The maximum Gasteiger partial charge on any atom is 0.426 e. The predicted octanol–water partition coefficient (Wildman–Crippen LogP) is 9.14. The monoisotopic (exact) mass is 614 g/mol. The van der Waals surface area contributed by atoms with Crippen LogP contribution in [0, 0.1) is 17.5 Å². The van der Waals surface area contributed by atoms with Crippen molar-refractivity contribution in [2.24, 2.45) is 0 Å². The highest BCUT2D eigenvalue weighted by molar-refractivity contribution is 5.83. The third-order valence-electron chi connectivity index (χ3n) is 8.22. The molecule has 4 nitrogen and oxygen atoms in total. The summed E-state index contributed by atoms with van der Waals surface area (Å²) in [6.45, 7) is 4.51. The number of benzene rings is 3. The Bertz CT molecular complexity index is 1660. The van der Waals surface area contributed by atoms with Crippen LogP contribution in [0.1, 0.15) is 79.9 Å². The first kappa shape index (κ1) is 31.7. The van der Waals surface area contributed by atoms with Crippen LogP contribution in [0.5, 0.6) is 5.75 Å². The smallest absolute Gasteiger partial charge is 0.426 e. The number of fused-ring (bicyclic) bond motifs is 1. The number of hydrogen-bond donors (Lipinski definition) is 0. The lowest BCUT2D eigenvalue weighted by atomic mass is 9.90. The van der Waals surface area contributed by atoms with E-state index in [1.54, 1.807) is 12.1 Å². The van der Waals surface area contributed by atoms with Gasteiger partial charge in [0.25, 0.3) is 0 Å². The van der Waals surface area contributed by atoms with Gasteiger partial charge in [0, 0.05) is 12.3 Å². The summed E-state index contributed by atoms with van der Waals surface area (Å²) in [5.41, 5.74) is -0.268. The summed E-state index contributed by atoms with van der Waals surface area (Å²) in [6, 6.07) is 12.4. The number of halogens is 5. The van der Waals surface area contributed by atoms with E-state index in [9.17, 15) is 13.6 Å². The van der Waals surface area contributed by atoms with E-state index in [4.69, 9.17) is 13.9 Å². The second kappa shape index (κ2) is 13.5. The first-order valence-electron chi connectivity index (χ1n) is 15.1. The number of ether oxygens (including phenoxy) is 2. The van der Waals surface area contributed by atoms with Crippen LogP contribution >= 0.6 is 0 Å². The van der Waals surface area contributed by atoms with Crippen molar-refractivity contribution in [3.05, 3.63) is 110 Å². The van der Waals surface area contributed by atoms with Crippen molar-refractivity contribution in [2.45, 2.75) is 83.3 Å². The van der Waals surface area contributed by atoms with Gasteiger partial charge in [0.15, 0.2) is 23.2 Å². The number of aryl methyl sites for hydroxylation is 3. The third kappa shape index (κ3) is 6.83. The Morgan fingerprint density at radius 1 is 0.841 bits per heavy atom. The molecular formula is C35H35F5O4. The van der Waals surface area contributed by atoms with Crippen LogP contribution in [0.3, 0.4) is 0 Å². The van der Waals surface area contributed by atoms with Gasteiger partial charge in [-0.1, -0.05) is 57.0 Å². The molecule has 9 heteroatoms. The second-order valence-corrected chi connectivity index (χ2v) is 11.4. The lowest BCUT2D eigenvalue weighted by molar-refractivity contribution is -0.186. The average molecular weight is 615 g/mol. The fourth-order valence-corrected chi connectivity index (χ4v) is 5.78. The van der Waals surface area contributed by atoms with E-state index in [-0.39, 0.29) is 47.1 Å². The van der Waals surface area contributed by atoms with Crippen molar-refractivity contribution in [1.82, 2.24) is 0 Å². The van der Waals surface area contributed by atoms with Gasteiger partial charge in [0.1, 0.15) is 11.1 Å². The molecule has 3 aromatic carbocycles. The highest BCUT2D eigenvalue weighted by Gasteiger charge is 2.36. The van der Waals surface area contributed by atoms with Crippen LogP contribution in [0.25, 0.3) is 10.8 Å². The van der Waals surface area contributed by atoms with Gasteiger partial charge in [-0.2, -0.15) is 8.78 Å². The molecule has 1 aliphatic rings. The topological polar surface area (TPSA) is 48.7 Å². The van der Waals surface area contributed by atoms with Crippen LogP contribution < -0.4 is 10.4 Å². The summed E-state index contributed by atoms with van der Waals surface area (Å²) in [4.78, 5) is 12.7. The number of alkyl halides is 2. The summed E-state index contributed by atoms with van der Waals surface area (Å²) in [6.07, 6.45) is 1.38. The van der Waals surface area contributed by atoms with Crippen LogP contribution in [0.4, 0.5) is 22.0 Å². The molecule has 1 aromatic heterocycles. The van der Waals surface area contributed by atoms with E-state index in [0.717, 1.165) is 37.3 Å². The van der Waals surface area contributed by atoms with Gasteiger partial charge >= 0.3 is 11.7 Å². The highest BCUT2D eigenvalue weighted by atomic mass is 19.3. The zero-order chi connectivity index (χ0) is 31.4. The molecule has 44 heavy (non-hydrogen) atoms. The highest BCUT2D eigenvalue weighted by Crippen LogP contribution is 2.36. The number of hydrogen-bond acceptors (Lipinski definition) is 4. The Morgan fingerprint density at radius 2 is 1.55 bits per heavy atom. The molecule has 234 valence electrons. The van der Waals surface area contributed by atoms with E-state index < -0.39 is 45.9 Å². The molecule has 0 radical (unpaired) electrons. The Balaban J connectivity index is 1.29. The standard InChI is InChI=1S/C35H35F5O4/c1-3-5-22-7-8-23(32(37)31(22)36)11-17-28-19-24-13-18-29(33(38)30(24)34(41)43-28)44-35(39,40)26-14-9-21(10-15-26)25-12-16-27(6-4-2)42-20-25/h7-10,13-15,18-19,25,27H,3-6,11-12,16-17,20H2,1-2H3. The molecule has 0 bridgehead atoms. The largest absolute Gasteiger partial charge is 0.427 e. The van der Waals surface area contributed by atoms with E-state index in [2.05, 4.69) is 6.92 Å². The molecular weight excluding hydrogens is 579 g/mol. The van der Waals surface area contributed by atoms with Crippen molar-refractivity contribution in [2.75, 3.05) is 6.61 Å². The molecule has 1 saturated heterocycles. The molecule has 4 aromatic rings. The molecule has 2 unspecified atom stereocenters. The predicted molar refractivity (Wildman–Crippen MR) is 158 cm³/mol. The summed E-state index contributed by atoms with van der Waals surface area (Å²) >= 11 is 0. The lowest BCUT2D eigenvalue weighted by Gasteiger charge is -2.29. The molecule has 0 amide bonds. The molecule has 0 spiro atoms. The summed E-state index contributed by atoms with van der Waals surface area (Å²) in [7, 11) is 0. The fraction of sp³-hybridized carbons (Fsp3) is 0.400. The zero-order valence-electron chi connectivity index (χ0n) is 24.7. The minimum absolute atomic E-state index is 0.0332. The lowest BCUT2D eigenvalue weighted by Crippen LogP contribution is -2.25. The van der Waals surface area contributed by atoms with Gasteiger partial charge in [-0.3, -0.25) is 0 Å². The SMILES string of the molecule is CCCc1ccc(CCc2cc3ccc(OC(F)(F)c4ccc(C5CCC(CCC)OC5)cc4)c(F)c3c(=O)o2)c(F)c1F. The Hall–Kier alpha value is -3.72. The first-order chi connectivity index (χ1) is 21.1. The van der Waals surface area contributed by atoms with Crippen LogP contribution in [0.2, 0.25) is 0 Å². The molecule has 0 saturated carbocycles. The Morgan fingerprint density at radius 3 is 2.18 bits per heavy atom. The van der Waals surface area contributed by atoms with Crippen molar-refractivity contribution in [1.29, 1.82) is 0 Å². The average Bonchev–Trinajstić information content (AvgIpc) is 3.01. The Labute approximate surface area is 252 Å². The molecule has 5 rings (SSSR count). The minimum Gasteiger partial charge on any atom is -0.427 e. The second-order valence-electron chi connectivity index (χ2n) is 11.4. The van der Waals surface area contributed by atoms with Crippen LogP contribution in [-0.2, 0) is 30.1 Å². The summed E-state index contributed by atoms with van der Waals surface area (Å²) < 4.78 is 90.3. The van der Waals surface area contributed by atoms with Crippen LogP contribution in [-0.4, -0.2) is 12.7 Å². The maximum absolute atomic E-state index is 15.3. The quantitative estimate of drug-likeness (QED) is 0.158. The van der Waals surface area contributed by atoms with Gasteiger partial charge in [-0.05, 0) is 78.4 Å². The zero-order valence-corrected chi connectivity index (χ0v) is 24.7.